The number of halogens is 8. The van der Waals surface area contributed by atoms with Crippen molar-refractivity contribution in [3.8, 4) is 11.1 Å². The van der Waals surface area contributed by atoms with E-state index in [1.54, 1.807) is 6.92 Å². The van der Waals surface area contributed by atoms with Crippen LogP contribution in [-0.4, -0.2) is 0 Å². The summed E-state index contributed by atoms with van der Waals surface area (Å²) in [4.78, 5) is 0. The quantitative estimate of drug-likeness (QED) is 0.187. The summed E-state index contributed by atoms with van der Waals surface area (Å²) in [7, 11) is 0. The summed E-state index contributed by atoms with van der Waals surface area (Å²) >= 11 is 0. The average Bonchev–Trinajstić information content (AvgIpc) is 2.86. The van der Waals surface area contributed by atoms with Crippen molar-refractivity contribution in [2.75, 3.05) is 0 Å². The van der Waals surface area contributed by atoms with Crippen molar-refractivity contribution in [2.24, 2.45) is 0 Å². The van der Waals surface area contributed by atoms with Crippen molar-refractivity contribution in [1.82, 2.24) is 0 Å². The van der Waals surface area contributed by atoms with Gasteiger partial charge in [-0.2, -0.15) is 17.6 Å². The van der Waals surface area contributed by atoms with Crippen LogP contribution in [0.1, 0.15) is 72.9 Å². The van der Waals surface area contributed by atoms with Gasteiger partial charge in [-0.3, -0.25) is 0 Å². The van der Waals surface area contributed by atoms with Crippen LogP contribution in [0, 0.1) is 23.3 Å². The molecule has 0 radical (unpaired) electrons. The molecule has 1 aliphatic carbocycles. The zero-order chi connectivity index (χ0) is 27.8. The summed E-state index contributed by atoms with van der Waals surface area (Å²) < 4.78 is 120. The third-order valence-corrected chi connectivity index (χ3v) is 7.23. The molecule has 0 atom stereocenters. The Bertz CT molecular complexity index is 1340. The first-order valence-electron chi connectivity index (χ1n) is 12.8. The fourth-order valence-electron chi connectivity index (χ4n) is 5.12. The molecule has 0 spiro atoms. The highest BCUT2D eigenvalue weighted by atomic mass is 19.3. The van der Waals surface area contributed by atoms with Gasteiger partial charge in [0.1, 0.15) is 11.6 Å². The van der Waals surface area contributed by atoms with Crippen LogP contribution in [0.15, 0.2) is 36.4 Å². The zero-order valence-electron chi connectivity index (χ0n) is 21.1. The molecule has 0 N–H and O–H groups in total. The fraction of sp³-hybridized carbons (Fsp3) is 0.400. The van der Waals surface area contributed by atoms with Gasteiger partial charge in [0, 0.05) is 0 Å². The van der Waals surface area contributed by atoms with E-state index < -0.39 is 57.4 Å². The van der Waals surface area contributed by atoms with E-state index >= 15 is 22.0 Å². The minimum Gasteiger partial charge on any atom is -0.206 e. The summed E-state index contributed by atoms with van der Waals surface area (Å²) in [5.74, 6) is -15.1. The predicted octanol–water partition coefficient (Wildman–Crippen LogP) is 9.58. The Kier molecular flexibility index (Phi) is 7.91. The lowest BCUT2D eigenvalue weighted by Gasteiger charge is -2.36. The molecule has 0 amide bonds. The summed E-state index contributed by atoms with van der Waals surface area (Å²) in [5.41, 5.74) is -4.30. The smallest absolute Gasteiger partial charge is 0.206 e. The van der Waals surface area contributed by atoms with E-state index in [1.807, 2.05) is 6.92 Å². The summed E-state index contributed by atoms with van der Waals surface area (Å²) in [5, 5.41) is 0. The van der Waals surface area contributed by atoms with Gasteiger partial charge in [-0.15, -0.1) is 0 Å². The lowest BCUT2D eigenvalue weighted by molar-refractivity contribution is -0.227. The maximum absolute atomic E-state index is 15.4. The number of hydrogen-bond donors (Lipinski definition) is 0. The molecule has 38 heavy (non-hydrogen) atoms. The maximum Gasteiger partial charge on any atom is 0.343 e. The Balaban J connectivity index is 1.70. The third-order valence-electron chi connectivity index (χ3n) is 7.23. The van der Waals surface area contributed by atoms with Crippen LogP contribution in [-0.2, 0) is 37.5 Å². The van der Waals surface area contributed by atoms with Crippen molar-refractivity contribution in [3.05, 3.63) is 93.0 Å². The molecule has 4 rings (SSSR count). The molecule has 0 saturated heterocycles. The van der Waals surface area contributed by atoms with E-state index in [2.05, 4.69) is 0 Å². The lowest BCUT2D eigenvalue weighted by atomic mass is 9.78. The highest BCUT2D eigenvalue weighted by Gasteiger charge is 2.65. The minimum atomic E-state index is -5.03. The molecule has 0 bridgehead atoms. The predicted molar refractivity (Wildman–Crippen MR) is 131 cm³/mol. The van der Waals surface area contributed by atoms with E-state index in [4.69, 9.17) is 0 Å². The van der Waals surface area contributed by atoms with Gasteiger partial charge < -0.3 is 0 Å². The standard InChI is InChI=1S/C30H28F8/c1-3-5-6-8-18-9-11-20(28(34)27(18)33)12-10-19-14-16-22-21-15-13-17(7-4-2)25(31)23(21)29(35,36)30(37,38)24(22)26(19)32/h9,11,13-16H,3-8,10,12H2,1-2H3. The molecule has 0 heterocycles. The highest BCUT2D eigenvalue weighted by Crippen LogP contribution is 2.59. The molecule has 0 saturated carbocycles. The fourth-order valence-corrected chi connectivity index (χ4v) is 5.12. The van der Waals surface area contributed by atoms with E-state index in [0.29, 0.717) is 19.3 Å². The molecule has 3 aromatic carbocycles. The molecular weight excluding hydrogens is 512 g/mol. The van der Waals surface area contributed by atoms with E-state index in [0.717, 1.165) is 31.0 Å². The zero-order valence-corrected chi connectivity index (χ0v) is 21.1. The van der Waals surface area contributed by atoms with Crippen LogP contribution in [0.3, 0.4) is 0 Å². The second-order valence-electron chi connectivity index (χ2n) is 9.79. The van der Waals surface area contributed by atoms with Crippen LogP contribution >= 0.6 is 0 Å². The van der Waals surface area contributed by atoms with Crippen LogP contribution < -0.4 is 0 Å². The van der Waals surface area contributed by atoms with Crippen molar-refractivity contribution in [2.45, 2.75) is 77.1 Å². The number of hydrogen-bond acceptors (Lipinski definition) is 0. The Morgan fingerprint density at radius 2 is 0.868 bits per heavy atom. The third kappa shape index (κ3) is 4.60. The second-order valence-corrected chi connectivity index (χ2v) is 9.79. The molecule has 0 aliphatic heterocycles. The van der Waals surface area contributed by atoms with E-state index in [-0.39, 0.29) is 41.5 Å². The Morgan fingerprint density at radius 3 is 1.32 bits per heavy atom. The summed E-state index contributed by atoms with van der Waals surface area (Å²) in [6, 6.07) is 7.37. The second kappa shape index (κ2) is 10.7. The van der Waals surface area contributed by atoms with Gasteiger partial charge in [0.05, 0.1) is 11.1 Å². The minimum absolute atomic E-state index is 0.0770. The van der Waals surface area contributed by atoms with E-state index in [9.17, 15) is 13.2 Å². The first kappa shape index (κ1) is 28.1. The topological polar surface area (TPSA) is 0 Å². The van der Waals surface area contributed by atoms with Crippen LogP contribution in [0.2, 0.25) is 0 Å². The van der Waals surface area contributed by atoms with Crippen LogP contribution in [0.25, 0.3) is 11.1 Å². The Morgan fingerprint density at radius 1 is 0.474 bits per heavy atom. The first-order chi connectivity index (χ1) is 18.0. The van der Waals surface area contributed by atoms with Gasteiger partial charge in [0.25, 0.3) is 0 Å². The molecule has 0 unspecified atom stereocenters. The first-order valence-corrected chi connectivity index (χ1v) is 12.8. The van der Waals surface area contributed by atoms with Gasteiger partial charge in [-0.05, 0) is 65.5 Å². The highest BCUT2D eigenvalue weighted by molar-refractivity contribution is 5.77. The number of fused-ring (bicyclic) bond motifs is 3. The number of aryl methyl sites for hydroxylation is 4. The van der Waals surface area contributed by atoms with Gasteiger partial charge in [-0.25, -0.2) is 17.6 Å². The van der Waals surface area contributed by atoms with Crippen molar-refractivity contribution < 1.29 is 35.1 Å². The molecule has 204 valence electrons. The molecule has 3 aromatic rings. The number of benzene rings is 3. The molecule has 1 aliphatic rings. The number of unbranched alkanes of at least 4 members (excludes halogenated alkanes) is 2. The Labute approximate surface area is 216 Å². The van der Waals surface area contributed by atoms with Crippen molar-refractivity contribution in [3.63, 3.8) is 0 Å². The number of alkyl halides is 4. The van der Waals surface area contributed by atoms with Gasteiger partial charge in [0.15, 0.2) is 11.6 Å². The molecule has 0 aromatic heterocycles. The summed E-state index contributed by atoms with van der Waals surface area (Å²) in [6.45, 7) is 3.68. The van der Waals surface area contributed by atoms with Gasteiger partial charge >= 0.3 is 11.8 Å². The van der Waals surface area contributed by atoms with Crippen LogP contribution in [0.4, 0.5) is 35.1 Å². The Hall–Kier alpha value is -2.90. The molecule has 0 fully saturated rings. The van der Waals surface area contributed by atoms with E-state index in [1.165, 1.54) is 18.2 Å². The van der Waals surface area contributed by atoms with Crippen molar-refractivity contribution >= 4 is 0 Å². The SMILES string of the molecule is CCCCCc1ccc(CCc2ccc3c(c2F)C(F)(F)C(F)(F)c2c-3ccc(CCC)c2F)c(F)c1F. The summed E-state index contributed by atoms with van der Waals surface area (Å²) in [6.07, 6.45) is 2.77. The normalized spacial score (nSPS) is 15.3. The largest absolute Gasteiger partial charge is 0.343 e. The van der Waals surface area contributed by atoms with Crippen molar-refractivity contribution in [1.29, 1.82) is 0 Å². The molecule has 0 nitrogen and oxygen atoms in total. The van der Waals surface area contributed by atoms with Gasteiger partial charge in [0.2, 0.25) is 0 Å². The lowest BCUT2D eigenvalue weighted by Crippen LogP contribution is -2.41. The monoisotopic (exact) mass is 540 g/mol. The maximum atomic E-state index is 15.4. The van der Waals surface area contributed by atoms with Gasteiger partial charge in [-0.1, -0.05) is 69.5 Å². The molecular formula is C30H28F8. The van der Waals surface area contributed by atoms with Crippen LogP contribution in [0.5, 0.6) is 0 Å². The average molecular weight is 541 g/mol. The molecule has 8 heteroatoms. The number of rotatable bonds is 9.